The zero-order valence-electron chi connectivity index (χ0n) is 11.6. The summed E-state index contributed by atoms with van der Waals surface area (Å²) in [6.45, 7) is 11.9. The van der Waals surface area contributed by atoms with Crippen molar-refractivity contribution < 1.29 is 4.79 Å². The number of carbonyl (C=O) groups is 1. The predicted molar refractivity (Wildman–Crippen MR) is 69.8 cm³/mol. The first kappa shape index (κ1) is 12.9. The summed E-state index contributed by atoms with van der Waals surface area (Å²) in [6, 6.07) is 0.977. The van der Waals surface area contributed by atoms with E-state index < -0.39 is 0 Å². The minimum absolute atomic E-state index is 0.148. The topological polar surface area (TPSA) is 23.6 Å². The molecule has 2 bridgehead atoms. The molecule has 2 fully saturated rings. The van der Waals surface area contributed by atoms with Crippen molar-refractivity contribution >= 4 is 5.91 Å². The quantitative estimate of drug-likeness (QED) is 0.750. The lowest BCUT2D eigenvalue weighted by atomic mass is 10.1. The van der Waals surface area contributed by atoms with E-state index >= 15 is 0 Å². The number of piperazine rings is 1. The molecule has 0 aromatic heterocycles. The third kappa shape index (κ3) is 2.65. The van der Waals surface area contributed by atoms with Crippen LogP contribution in [0.5, 0.6) is 0 Å². The molecule has 0 radical (unpaired) electrons. The van der Waals surface area contributed by atoms with E-state index in [-0.39, 0.29) is 5.92 Å². The van der Waals surface area contributed by atoms with Crippen LogP contribution < -0.4 is 0 Å². The van der Waals surface area contributed by atoms with Gasteiger partial charge in [-0.1, -0.05) is 27.7 Å². The van der Waals surface area contributed by atoms with E-state index in [0.29, 0.717) is 18.0 Å². The molecule has 0 N–H and O–H groups in total. The molecule has 0 aromatic carbocycles. The number of fused-ring (bicyclic) bond motifs is 2. The molecule has 2 unspecified atom stereocenters. The lowest BCUT2D eigenvalue weighted by Gasteiger charge is -2.42. The van der Waals surface area contributed by atoms with Gasteiger partial charge in [0.25, 0.3) is 0 Å². The average Bonchev–Trinajstić information content (AvgIpc) is 2.48. The standard InChI is InChI=1S/C14H26N2O/c1-10(2)7-15-8-12-5-6-13(9-15)16(12)14(17)11(3)4/h10-13H,5-9H2,1-4H3. The van der Waals surface area contributed by atoms with Gasteiger partial charge in [-0.05, 0) is 18.8 Å². The second-order valence-corrected chi connectivity index (χ2v) is 6.40. The SMILES string of the molecule is CC(C)CN1CC2CCC(C1)N2C(=O)C(C)C. The summed E-state index contributed by atoms with van der Waals surface area (Å²) in [6.07, 6.45) is 2.41. The van der Waals surface area contributed by atoms with Crippen LogP contribution in [-0.2, 0) is 4.79 Å². The van der Waals surface area contributed by atoms with Gasteiger partial charge in [-0.15, -0.1) is 0 Å². The molecule has 2 heterocycles. The van der Waals surface area contributed by atoms with E-state index in [4.69, 9.17) is 0 Å². The highest BCUT2D eigenvalue weighted by molar-refractivity contribution is 5.79. The van der Waals surface area contributed by atoms with Crippen molar-refractivity contribution in [2.45, 2.75) is 52.6 Å². The fraction of sp³-hybridized carbons (Fsp3) is 0.929. The monoisotopic (exact) mass is 238 g/mol. The van der Waals surface area contributed by atoms with E-state index in [2.05, 4.69) is 23.6 Å². The molecule has 2 saturated heterocycles. The molecule has 0 aromatic rings. The molecule has 2 aliphatic heterocycles. The predicted octanol–water partition coefficient (Wildman–Crippen LogP) is 1.97. The summed E-state index contributed by atoms with van der Waals surface area (Å²) in [5.74, 6) is 1.23. The molecule has 0 saturated carbocycles. The molecule has 17 heavy (non-hydrogen) atoms. The van der Waals surface area contributed by atoms with Crippen molar-refractivity contribution in [3.05, 3.63) is 0 Å². The van der Waals surface area contributed by atoms with Crippen LogP contribution in [0.25, 0.3) is 0 Å². The highest BCUT2D eigenvalue weighted by atomic mass is 16.2. The summed E-state index contributed by atoms with van der Waals surface area (Å²) >= 11 is 0. The second-order valence-electron chi connectivity index (χ2n) is 6.40. The Balaban J connectivity index is 2.00. The van der Waals surface area contributed by atoms with Gasteiger partial charge in [0.05, 0.1) is 0 Å². The van der Waals surface area contributed by atoms with Crippen LogP contribution in [0.3, 0.4) is 0 Å². The number of rotatable bonds is 3. The number of nitrogens with zero attached hydrogens (tertiary/aromatic N) is 2. The third-order valence-electron chi connectivity index (χ3n) is 3.93. The van der Waals surface area contributed by atoms with Gasteiger partial charge in [0.15, 0.2) is 0 Å². The average molecular weight is 238 g/mol. The Kier molecular flexibility index (Phi) is 3.76. The Morgan fingerprint density at radius 1 is 1.12 bits per heavy atom. The summed E-state index contributed by atoms with van der Waals surface area (Å²) in [5, 5.41) is 0. The van der Waals surface area contributed by atoms with Crippen LogP contribution in [0.15, 0.2) is 0 Å². The van der Waals surface area contributed by atoms with Crippen LogP contribution in [0.2, 0.25) is 0 Å². The molecule has 3 heteroatoms. The molecule has 1 amide bonds. The Morgan fingerprint density at radius 3 is 2.06 bits per heavy atom. The van der Waals surface area contributed by atoms with Crippen LogP contribution in [0, 0.1) is 11.8 Å². The first-order valence-electron chi connectivity index (χ1n) is 7.03. The first-order chi connectivity index (χ1) is 7.99. The van der Waals surface area contributed by atoms with Crippen molar-refractivity contribution in [1.29, 1.82) is 0 Å². The van der Waals surface area contributed by atoms with Crippen molar-refractivity contribution in [3.8, 4) is 0 Å². The highest BCUT2D eigenvalue weighted by Crippen LogP contribution is 2.31. The molecule has 0 aliphatic carbocycles. The molecule has 2 atom stereocenters. The maximum absolute atomic E-state index is 12.2. The van der Waals surface area contributed by atoms with E-state index in [1.807, 2.05) is 13.8 Å². The zero-order valence-corrected chi connectivity index (χ0v) is 11.6. The fourth-order valence-corrected chi connectivity index (χ4v) is 3.31. The molecule has 3 nitrogen and oxygen atoms in total. The molecule has 2 rings (SSSR count). The Bertz CT molecular complexity index is 274. The summed E-state index contributed by atoms with van der Waals surface area (Å²) in [4.78, 5) is 16.9. The largest absolute Gasteiger partial charge is 0.334 e. The van der Waals surface area contributed by atoms with Crippen molar-refractivity contribution in [2.75, 3.05) is 19.6 Å². The maximum atomic E-state index is 12.2. The van der Waals surface area contributed by atoms with Crippen LogP contribution in [-0.4, -0.2) is 47.4 Å². The fourth-order valence-electron chi connectivity index (χ4n) is 3.31. The van der Waals surface area contributed by atoms with Crippen LogP contribution in [0.1, 0.15) is 40.5 Å². The van der Waals surface area contributed by atoms with Gasteiger partial charge < -0.3 is 4.90 Å². The highest BCUT2D eigenvalue weighted by Gasteiger charge is 2.42. The van der Waals surface area contributed by atoms with Gasteiger partial charge in [-0.2, -0.15) is 0 Å². The van der Waals surface area contributed by atoms with E-state index in [1.165, 1.54) is 19.4 Å². The van der Waals surface area contributed by atoms with Crippen molar-refractivity contribution in [2.24, 2.45) is 11.8 Å². The first-order valence-corrected chi connectivity index (χ1v) is 7.03. The minimum atomic E-state index is 0.148. The Labute approximate surface area is 105 Å². The van der Waals surface area contributed by atoms with E-state index in [1.54, 1.807) is 0 Å². The van der Waals surface area contributed by atoms with Gasteiger partial charge in [0.2, 0.25) is 5.91 Å². The van der Waals surface area contributed by atoms with Gasteiger partial charge in [0.1, 0.15) is 0 Å². The Hall–Kier alpha value is -0.570. The zero-order chi connectivity index (χ0) is 12.6. The lowest BCUT2D eigenvalue weighted by molar-refractivity contribution is -0.140. The van der Waals surface area contributed by atoms with Gasteiger partial charge in [0, 0.05) is 37.6 Å². The number of likely N-dealkylation sites (tertiary alicyclic amines) is 1. The van der Waals surface area contributed by atoms with Crippen LogP contribution in [0.4, 0.5) is 0 Å². The van der Waals surface area contributed by atoms with Gasteiger partial charge in [-0.3, -0.25) is 9.69 Å². The smallest absolute Gasteiger partial charge is 0.225 e. The third-order valence-corrected chi connectivity index (χ3v) is 3.93. The van der Waals surface area contributed by atoms with Crippen molar-refractivity contribution in [3.63, 3.8) is 0 Å². The number of carbonyl (C=O) groups excluding carboxylic acids is 1. The van der Waals surface area contributed by atoms with Crippen molar-refractivity contribution in [1.82, 2.24) is 9.80 Å². The van der Waals surface area contributed by atoms with Crippen LogP contribution >= 0.6 is 0 Å². The molecule has 0 spiro atoms. The lowest BCUT2D eigenvalue weighted by Crippen LogP contribution is -2.57. The normalized spacial score (nSPS) is 29.4. The number of amides is 1. The maximum Gasteiger partial charge on any atom is 0.225 e. The van der Waals surface area contributed by atoms with E-state index in [9.17, 15) is 4.79 Å². The second kappa shape index (κ2) is 4.97. The summed E-state index contributed by atoms with van der Waals surface area (Å²) in [5.41, 5.74) is 0. The molecule has 98 valence electrons. The Morgan fingerprint density at radius 2 is 1.65 bits per heavy atom. The minimum Gasteiger partial charge on any atom is -0.334 e. The molecular weight excluding hydrogens is 212 g/mol. The molecule has 2 aliphatic rings. The number of hydrogen-bond acceptors (Lipinski definition) is 2. The number of hydrogen-bond donors (Lipinski definition) is 0. The van der Waals surface area contributed by atoms with Gasteiger partial charge >= 0.3 is 0 Å². The van der Waals surface area contributed by atoms with Gasteiger partial charge in [-0.25, -0.2) is 0 Å². The molecular formula is C14H26N2O. The summed E-state index contributed by atoms with van der Waals surface area (Å²) in [7, 11) is 0. The van der Waals surface area contributed by atoms with E-state index in [0.717, 1.165) is 19.0 Å². The summed E-state index contributed by atoms with van der Waals surface area (Å²) < 4.78 is 0.